The summed E-state index contributed by atoms with van der Waals surface area (Å²) < 4.78 is 22.5. The van der Waals surface area contributed by atoms with Crippen LogP contribution in [0, 0.1) is 0 Å². The number of amides is 1. The highest BCUT2D eigenvalue weighted by atomic mass is 35.5. The van der Waals surface area contributed by atoms with Crippen LogP contribution in [-0.2, 0) is 6.54 Å². The summed E-state index contributed by atoms with van der Waals surface area (Å²) in [6.07, 6.45) is 3.33. The molecule has 1 amide bonds. The number of pyridine rings is 1. The van der Waals surface area contributed by atoms with Gasteiger partial charge in [0.15, 0.2) is 16.9 Å². The lowest BCUT2D eigenvalue weighted by Crippen LogP contribution is -2.29. The monoisotopic (exact) mass is 492 g/mol. The molecule has 9 heteroatoms. The van der Waals surface area contributed by atoms with E-state index in [-0.39, 0.29) is 23.3 Å². The minimum absolute atomic E-state index is 0.00698. The SMILES string of the molecule is COc1cc([C@@H]2c3c(oc4ccc(Cl)cc4c3=O)C(=O)N2Cc2cccnc2)cc(OC)c1OC. The number of methoxy groups -OCH3 is 3. The number of hydrogen-bond donors (Lipinski definition) is 0. The molecule has 178 valence electrons. The number of carbonyl (C=O) groups is 1. The molecule has 3 heterocycles. The highest BCUT2D eigenvalue weighted by Gasteiger charge is 2.43. The molecule has 0 bridgehead atoms. The quantitative estimate of drug-likeness (QED) is 0.388. The van der Waals surface area contributed by atoms with Gasteiger partial charge in [-0.1, -0.05) is 17.7 Å². The third kappa shape index (κ3) is 3.76. The topological polar surface area (TPSA) is 91.1 Å². The molecule has 0 fully saturated rings. The molecule has 35 heavy (non-hydrogen) atoms. The number of nitrogens with zero attached hydrogens (tertiary/aromatic N) is 2. The Bertz CT molecular complexity index is 1480. The van der Waals surface area contributed by atoms with Gasteiger partial charge in [-0.25, -0.2) is 0 Å². The van der Waals surface area contributed by atoms with E-state index in [1.807, 2.05) is 6.07 Å². The fraction of sp³-hybridized carbons (Fsp3) is 0.192. The largest absolute Gasteiger partial charge is 0.493 e. The molecule has 1 aliphatic rings. The third-order valence-corrected chi connectivity index (χ3v) is 6.24. The van der Waals surface area contributed by atoms with E-state index >= 15 is 0 Å². The van der Waals surface area contributed by atoms with Crippen molar-refractivity contribution in [3.63, 3.8) is 0 Å². The summed E-state index contributed by atoms with van der Waals surface area (Å²) in [7, 11) is 4.52. The predicted molar refractivity (Wildman–Crippen MR) is 130 cm³/mol. The second kappa shape index (κ2) is 8.96. The van der Waals surface area contributed by atoms with Gasteiger partial charge in [0.2, 0.25) is 11.5 Å². The van der Waals surface area contributed by atoms with Crippen molar-refractivity contribution in [1.29, 1.82) is 0 Å². The van der Waals surface area contributed by atoms with Crippen LogP contribution >= 0.6 is 11.6 Å². The predicted octanol–water partition coefficient (Wildman–Crippen LogP) is 4.61. The number of aromatic nitrogens is 1. The number of benzene rings is 2. The van der Waals surface area contributed by atoms with Crippen molar-refractivity contribution < 1.29 is 23.4 Å². The van der Waals surface area contributed by atoms with Crippen LogP contribution in [0.1, 0.15) is 33.3 Å². The molecule has 0 saturated carbocycles. The first-order chi connectivity index (χ1) is 17.0. The van der Waals surface area contributed by atoms with Crippen LogP contribution in [0.2, 0.25) is 5.02 Å². The number of hydrogen-bond acceptors (Lipinski definition) is 7. The van der Waals surface area contributed by atoms with E-state index in [0.717, 1.165) is 5.56 Å². The minimum atomic E-state index is -0.772. The van der Waals surface area contributed by atoms with Crippen molar-refractivity contribution in [3.05, 3.63) is 92.6 Å². The van der Waals surface area contributed by atoms with Crippen molar-refractivity contribution in [2.45, 2.75) is 12.6 Å². The standard InChI is InChI=1S/C26H21ClN2O6/c1-32-19-9-15(10-20(33-2)24(19)34-3)22-21-23(30)17-11-16(27)6-7-18(17)35-25(21)26(31)29(22)13-14-5-4-8-28-12-14/h4-12,22H,13H2,1-3H3/t22-/m1/s1. The van der Waals surface area contributed by atoms with E-state index < -0.39 is 11.9 Å². The first-order valence-electron chi connectivity index (χ1n) is 10.7. The molecule has 1 aliphatic heterocycles. The fourth-order valence-corrected chi connectivity index (χ4v) is 4.62. The van der Waals surface area contributed by atoms with Crippen LogP contribution in [0.3, 0.4) is 0 Å². The molecule has 0 spiro atoms. The van der Waals surface area contributed by atoms with E-state index in [9.17, 15) is 9.59 Å². The van der Waals surface area contributed by atoms with Crippen LogP contribution in [-0.4, -0.2) is 37.1 Å². The van der Waals surface area contributed by atoms with Crippen molar-refractivity contribution in [2.75, 3.05) is 21.3 Å². The van der Waals surface area contributed by atoms with Gasteiger partial charge in [0.05, 0.1) is 38.3 Å². The van der Waals surface area contributed by atoms with E-state index in [0.29, 0.717) is 38.8 Å². The molecule has 0 N–H and O–H groups in total. The van der Waals surface area contributed by atoms with Gasteiger partial charge in [0.25, 0.3) is 5.91 Å². The van der Waals surface area contributed by atoms with Gasteiger partial charge >= 0.3 is 0 Å². The van der Waals surface area contributed by atoms with Crippen molar-refractivity contribution in [1.82, 2.24) is 9.88 Å². The van der Waals surface area contributed by atoms with Gasteiger partial charge in [-0.15, -0.1) is 0 Å². The number of rotatable bonds is 6. The second-order valence-corrected chi connectivity index (χ2v) is 8.41. The van der Waals surface area contributed by atoms with Crippen molar-refractivity contribution in [2.24, 2.45) is 0 Å². The summed E-state index contributed by atoms with van der Waals surface area (Å²) in [6, 6.07) is 11.1. The number of fused-ring (bicyclic) bond motifs is 2. The van der Waals surface area contributed by atoms with Crippen LogP contribution < -0.4 is 19.6 Å². The van der Waals surface area contributed by atoms with Gasteiger partial charge in [-0.3, -0.25) is 14.6 Å². The van der Waals surface area contributed by atoms with Crippen LogP contribution in [0.5, 0.6) is 17.2 Å². The molecular weight excluding hydrogens is 472 g/mol. The molecule has 0 radical (unpaired) electrons. The maximum absolute atomic E-state index is 13.7. The van der Waals surface area contributed by atoms with E-state index in [2.05, 4.69) is 4.98 Å². The van der Waals surface area contributed by atoms with Gasteiger partial charge < -0.3 is 23.5 Å². The lowest BCUT2D eigenvalue weighted by molar-refractivity contribution is 0.0713. The smallest absolute Gasteiger partial charge is 0.291 e. The molecule has 0 unspecified atom stereocenters. The Morgan fingerprint density at radius 2 is 1.77 bits per heavy atom. The maximum atomic E-state index is 13.7. The summed E-state index contributed by atoms with van der Waals surface area (Å²) in [5.74, 6) is 0.790. The Labute approximate surface area is 205 Å². The Hall–Kier alpha value is -4.04. The Kier molecular flexibility index (Phi) is 5.82. The summed E-state index contributed by atoms with van der Waals surface area (Å²) >= 11 is 6.16. The van der Waals surface area contributed by atoms with Gasteiger partial charge in [-0.05, 0) is 47.5 Å². The van der Waals surface area contributed by atoms with E-state index in [1.54, 1.807) is 53.7 Å². The highest BCUT2D eigenvalue weighted by molar-refractivity contribution is 6.31. The van der Waals surface area contributed by atoms with E-state index in [1.165, 1.54) is 21.3 Å². The average Bonchev–Trinajstić information content (AvgIpc) is 3.15. The van der Waals surface area contributed by atoms with Crippen LogP contribution in [0.25, 0.3) is 11.0 Å². The molecular formula is C26H21ClN2O6. The van der Waals surface area contributed by atoms with Crippen molar-refractivity contribution in [3.8, 4) is 17.2 Å². The Morgan fingerprint density at radius 3 is 2.40 bits per heavy atom. The normalized spacial score (nSPS) is 14.8. The minimum Gasteiger partial charge on any atom is -0.493 e. The number of carbonyl (C=O) groups excluding carboxylic acids is 1. The first kappa shape index (κ1) is 22.7. The first-order valence-corrected chi connectivity index (χ1v) is 11.1. The summed E-state index contributed by atoms with van der Waals surface area (Å²) in [5.41, 5.74) is 1.58. The Balaban J connectivity index is 1.78. The van der Waals surface area contributed by atoms with Gasteiger partial charge in [0.1, 0.15) is 5.58 Å². The third-order valence-electron chi connectivity index (χ3n) is 6.01. The molecule has 1 atom stereocenters. The average molecular weight is 493 g/mol. The zero-order valence-corrected chi connectivity index (χ0v) is 20.0. The molecule has 0 aliphatic carbocycles. The Morgan fingerprint density at radius 1 is 1.03 bits per heavy atom. The molecule has 8 nitrogen and oxygen atoms in total. The van der Waals surface area contributed by atoms with Crippen molar-refractivity contribution >= 4 is 28.5 Å². The highest BCUT2D eigenvalue weighted by Crippen LogP contribution is 2.45. The van der Waals surface area contributed by atoms with Gasteiger partial charge in [-0.2, -0.15) is 0 Å². The zero-order valence-electron chi connectivity index (χ0n) is 19.2. The second-order valence-electron chi connectivity index (χ2n) is 7.97. The number of halogens is 1. The van der Waals surface area contributed by atoms with E-state index in [4.69, 9.17) is 30.2 Å². The summed E-state index contributed by atoms with van der Waals surface area (Å²) in [6.45, 7) is 0.203. The molecule has 2 aromatic heterocycles. The molecule has 4 aromatic rings. The summed E-state index contributed by atoms with van der Waals surface area (Å²) in [5, 5.41) is 0.690. The lowest BCUT2D eigenvalue weighted by Gasteiger charge is -2.26. The van der Waals surface area contributed by atoms with Crippen LogP contribution in [0.15, 0.2) is 64.1 Å². The fourth-order valence-electron chi connectivity index (χ4n) is 4.45. The van der Waals surface area contributed by atoms with Gasteiger partial charge in [0, 0.05) is 24.0 Å². The maximum Gasteiger partial charge on any atom is 0.291 e. The number of ether oxygens (including phenoxy) is 3. The lowest BCUT2D eigenvalue weighted by atomic mass is 9.97. The molecule has 0 saturated heterocycles. The molecule has 5 rings (SSSR count). The van der Waals surface area contributed by atoms with Crippen LogP contribution in [0.4, 0.5) is 0 Å². The molecule has 2 aromatic carbocycles. The zero-order chi connectivity index (χ0) is 24.7. The summed E-state index contributed by atoms with van der Waals surface area (Å²) in [4.78, 5) is 33.1.